The van der Waals surface area contributed by atoms with E-state index in [2.05, 4.69) is 11.9 Å². The largest absolute Gasteiger partial charge is 0.469 e. The van der Waals surface area contributed by atoms with Crippen molar-refractivity contribution < 1.29 is 14.3 Å². The lowest BCUT2D eigenvalue weighted by atomic mass is 9.90. The monoisotopic (exact) mass is 323 g/mol. The van der Waals surface area contributed by atoms with Crippen LogP contribution in [0.5, 0.6) is 0 Å². The summed E-state index contributed by atoms with van der Waals surface area (Å²) in [5, 5.41) is 2.96. The molecule has 0 aromatic heterocycles. The number of carbonyl (C=O) groups is 2. The van der Waals surface area contributed by atoms with Gasteiger partial charge < -0.3 is 10.1 Å². The molecule has 0 aliphatic heterocycles. The maximum Gasteiger partial charge on any atom is 0.311 e. The Balaban J connectivity index is 2.33. The summed E-state index contributed by atoms with van der Waals surface area (Å²) >= 11 is 0. The minimum atomic E-state index is -0.539. The van der Waals surface area contributed by atoms with Crippen molar-refractivity contribution in [2.45, 2.75) is 12.5 Å². The van der Waals surface area contributed by atoms with Gasteiger partial charge in [-0.3, -0.25) is 9.59 Å². The number of hydrogen-bond donors (Lipinski definition) is 1. The minimum absolute atomic E-state index is 0.234. The van der Waals surface area contributed by atoms with E-state index in [9.17, 15) is 9.59 Å². The van der Waals surface area contributed by atoms with Gasteiger partial charge in [-0.25, -0.2) is 0 Å². The standard InChI is InChI=1S/C20H21NO3/c1-3-10-17(20(23)24-2)18(15-11-6-4-7-12-15)21-19(22)16-13-8-5-9-14-16/h3-9,11-14,17-18H,1,10H2,2H3,(H,21,22)/t17-,18-/m1/s1. The maximum absolute atomic E-state index is 12.6. The van der Waals surface area contributed by atoms with E-state index < -0.39 is 12.0 Å². The van der Waals surface area contributed by atoms with Gasteiger partial charge in [-0.1, -0.05) is 54.6 Å². The molecule has 0 fully saturated rings. The number of amides is 1. The molecule has 124 valence electrons. The third-order valence-corrected chi connectivity index (χ3v) is 3.81. The van der Waals surface area contributed by atoms with E-state index >= 15 is 0 Å². The molecule has 0 bridgehead atoms. The van der Waals surface area contributed by atoms with Gasteiger partial charge in [-0.2, -0.15) is 0 Å². The van der Waals surface area contributed by atoms with Crippen LogP contribution < -0.4 is 5.32 Å². The fourth-order valence-electron chi connectivity index (χ4n) is 2.59. The van der Waals surface area contributed by atoms with Crippen molar-refractivity contribution in [1.29, 1.82) is 0 Å². The number of carbonyl (C=O) groups excluding carboxylic acids is 2. The van der Waals surface area contributed by atoms with Crippen LogP contribution in [-0.2, 0) is 9.53 Å². The van der Waals surface area contributed by atoms with E-state index in [1.54, 1.807) is 30.3 Å². The van der Waals surface area contributed by atoms with Crippen LogP contribution in [0.25, 0.3) is 0 Å². The van der Waals surface area contributed by atoms with Gasteiger partial charge in [0.05, 0.1) is 19.1 Å². The van der Waals surface area contributed by atoms with E-state index in [-0.39, 0.29) is 11.9 Å². The fraction of sp³-hybridized carbons (Fsp3) is 0.200. The van der Waals surface area contributed by atoms with Crippen molar-refractivity contribution in [2.24, 2.45) is 5.92 Å². The Labute approximate surface area is 142 Å². The molecule has 0 aliphatic carbocycles. The number of ether oxygens (including phenoxy) is 1. The molecule has 0 aliphatic rings. The Morgan fingerprint density at radius 1 is 1.08 bits per heavy atom. The van der Waals surface area contributed by atoms with Crippen LogP contribution >= 0.6 is 0 Å². The molecular formula is C20H21NO3. The number of hydrogen-bond acceptors (Lipinski definition) is 3. The van der Waals surface area contributed by atoms with Gasteiger partial charge >= 0.3 is 5.97 Å². The molecule has 2 atom stereocenters. The minimum Gasteiger partial charge on any atom is -0.469 e. The second kappa shape index (κ2) is 8.67. The van der Waals surface area contributed by atoms with Crippen molar-refractivity contribution in [3.05, 3.63) is 84.4 Å². The van der Waals surface area contributed by atoms with E-state index in [1.165, 1.54) is 7.11 Å². The van der Waals surface area contributed by atoms with Crippen molar-refractivity contribution in [2.75, 3.05) is 7.11 Å². The molecule has 0 unspecified atom stereocenters. The zero-order valence-corrected chi connectivity index (χ0v) is 13.6. The lowest BCUT2D eigenvalue weighted by Crippen LogP contribution is -2.37. The van der Waals surface area contributed by atoms with E-state index in [1.807, 2.05) is 36.4 Å². The first-order chi connectivity index (χ1) is 11.7. The van der Waals surface area contributed by atoms with Crippen LogP contribution in [0.15, 0.2) is 73.3 Å². The Kier molecular flexibility index (Phi) is 6.32. The van der Waals surface area contributed by atoms with Gasteiger partial charge in [0, 0.05) is 5.56 Å². The van der Waals surface area contributed by atoms with Crippen LogP contribution in [0.1, 0.15) is 28.4 Å². The summed E-state index contributed by atoms with van der Waals surface area (Å²) < 4.78 is 4.92. The van der Waals surface area contributed by atoms with Gasteiger partial charge in [0.25, 0.3) is 5.91 Å². The van der Waals surface area contributed by atoms with E-state index in [4.69, 9.17) is 4.74 Å². The van der Waals surface area contributed by atoms with Crippen molar-refractivity contribution in [1.82, 2.24) is 5.32 Å². The highest BCUT2D eigenvalue weighted by Crippen LogP contribution is 2.27. The van der Waals surface area contributed by atoms with Crippen LogP contribution in [0, 0.1) is 5.92 Å². The number of rotatable bonds is 7. The molecule has 0 heterocycles. The van der Waals surface area contributed by atoms with Crippen molar-refractivity contribution in [3.63, 3.8) is 0 Å². The summed E-state index contributed by atoms with van der Waals surface area (Å²) in [5.41, 5.74) is 1.39. The zero-order valence-electron chi connectivity index (χ0n) is 13.6. The Bertz CT molecular complexity index is 683. The molecule has 0 saturated heterocycles. The molecule has 4 heteroatoms. The zero-order chi connectivity index (χ0) is 17.4. The Hall–Kier alpha value is -2.88. The molecule has 0 saturated carbocycles. The summed E-state index contributed by atoms with van der Waals surface area (Å²) in [7, 11) is 1.35. The van der Waals surface area contributed by atoms with Gasteiger partial charge in [0.1, 0.15) is 0 Å². The van der Waals surface area contributed by atoms with Gasteiger partial charge in [0.2, 0.25) is 0 Å². The lowest BCUT2D eigenvalue weighted by Gasteiger charge is -2.26. The number of allylic oxidation sites excluding steroid dienone is 1. The first kappa shape index (κ1) is 17.5. The summed E-state index contributed by atoms with van der Waals surface area (Å²) in [6, 6.07) is 17.8. The fourth-order valence-corrected chi connectivity index (χ4v) is 2.59. The Morgan fingerprint density at radius 2 is 1.67 bits per heavy atom. The van der Waals surface area contributed by atoms with Crippen molar-refractivity contribution >= 4 is 11.9 Å². The molecule has 2 rings (SSSR count). The second-order valence-corrected chi connectivity index (χ2v) is 5.38. The molecule has 1 amide bonds. The van der Waals surface area contributed by atoms with Gasteiger partial charge in [-0.15, -0.1) is 6.58 Å². The SMILES string of the molecule is C=CC[C@@H](C(=O)OC)[C@H](NC(=O)c1ccccc1)c1ccccc1. The second-order valence-electron chi connectivity index (χ2n) is 5.38. The molecule has 1 N–H and O–H groups in total. The Morgan fingerprint density at radius 3 is 2.21 bits per heavy atom. The van der Waals surface area contributed by atoms with E-state index in [0.29, 0.717) is 12.0 Å². The molecular weight excluding hydrogens is 302 g/mol. The third-order valence-electron chi connectivity index (χ3n) is 3.81. The molecule has 0 spiro atoms. The first-order valence-corrected chi connectivity index (χ1v) is 7.77. The predicted octanol–water partition coefficient (Wildman–Crippen LogP) is 3.52. The normalized spacial score (nSPS) is 12.7. The number of nitrogens with one attached hydrogen (secondary N) is 1. The van der Waals surface area contributed by atoms with Gasteiger partial charge in [0.15, 0.2) is 0 Å². The van der Waals surface area contributed by atoms with Crippen LogP contribution in [0.3, 0.4) is 0 Å². The molecule has 4 nitrogen and oxygen atoms in total. The summed E-state index contributed by atoms with van der Waals surface area (Å²) in [6.45, 7) is 3.71. The van der Waals surface area contributed by atoms with Crippen LogP contribution in [0.2, 0.25) is 0 Å². The number of esters is 1. The van der Waals surface area contributed by atoms with Crippen LogP contribution in [-0.4, -0.2) is 19.0 Å². The molecule has 0 radical (unpaired) electrons. The lowest BCUT2D eigenvalue weighted by molar-refractivity contribution is -0.146. The third kappa shape index (κ3) is 4.32. The van der Waals surface area contributed by atoms with Gasteiger partial charge in [-0.05, 0) is 24.1 Å². The number of methoxy groups -OCH3 is 1. The highest BCUT2D eigenvalue weighted by atomic mass is 16.5. The summed E-state index contributed by atoms with van der Waals surface area (Å²) in [4.78, 5) is 24.8. The maximum atomic E-state index is 12.6. The quantitative estimate of drug-likeness (QED) is 0.626. The smallest absolute Gasteiger partial charge is 0.311 e. The number of benzene rings is 2. The molecule has 24 heavy (non-hydrogen) atoms. The van der Waals surface area contributed by atoms with E-state index in [0.717, 1.165) is 5.56 Å². The highest BCUT2D eigenvalue weighted by molar-refractivity contribution is 5.94. The molecule has 2 aromatic carbocycles. The summed E-state index contributed by atoms with van der Waals surface area (Å²) in [5.74, 6) is -1.15. The van der Waals surface area contributed by atoms with Crippen LogP contribution in [0.4, 0.5) is 0 Å². The first-order valence-electron chi connectivity index (χ1n) is 7.77. The molecule has 2 aromatic rings. The average Bonchev–Trinajstić information content (AvgIpc) is 2.65. The highest BCUT2D eigenvalue weighted by Gasteiger charge is 2.31. The topological polar surface area (TPSA) is 55.4 Å². The summed E-state index contributed by atoms with van der Waals surface area (Å²) in [6.07, 6.45) is 2.06. The average molecular weight is 323 g/mol. The van der Waals surface area contributed by atoms with Crippen molar-refractivity contribution in [3.8, 4) is 0 Å². The predicted molar refractivity (Wildman–Crippen MR) is 93.4 cm³/mol.